The minimum atomic E-state index is -0.220. The number of hydrogen-bond donors (Lipinski definition) is 0. The Labute approximate surface area is 185 Å². The van der Waals surface area contributed by atoms with Crippen LogP contribution in [0.3, 0.4) is 0 Å². The van der Waals surface area contributed by atoms with E-state index in [0.717, 1.165) is 42.6 Å². The fourth-order valence-electron chi connectivity index (χ4n) is 4.62. The number of rotatable bonds is 4. The number of carbonyl (C=O) groups excluding carboxylic acids is 2. The summed E-state index contributed by atoms with van der Waals surface area (Å²) in [5.41, 5.74) is 5.97. The first-order valence-corrected chi connectivity index (χ1v) is 11.3. The van der Waals surface area contributed by atoms with Crippen LogP contribution in [0.15, 0.2) is 48.2 Å². The van der Waals surface area contributed by atoms with E-state index >= 15 is 0 Å². The Kier molecular flexibility index (Phi) is 5.74. The third-order valence-electron chi connectivity index (χ3n) is 6.63. The molecule has 0 unspecified atom stereocenters. The lowest BCUT2D eigenvalue weighted by Crippen LogP contribution is -2.38. The smallest absolute Gasteiger partial charge is 0.282 e. The summed E-state index contributed by atoms with van der Waals surface area (Å²) in [5.74, 6) is 0.622. The first-order valence-electron chi connectivity index (χ1n) is 11.3. The predicted octanol–water partition coefficient (Wildman–Crippen LogP) is 5.44. The Balaban J connectivity index is 1.80. The molecule has 4 heteroatoms. The van der Waals surface area contributed by atoms with Crippen molar-refractivity contribution in [2.45, 2.75) is 53.4 Å². The van der Waals surface area contributed by atoms with Crippen molar-refractivity contribution in [1.82, 2.24) is 4.90 Å². The Morgan fingerprint density at radius 3 is 2.13 bits per heavy atom. The molecule has 2 amide bonds. The summed E-state index contributed by atoms with van der Waals surface area (Å²) >= 11 is 0. The maximum atomic E-state index is 13.7. The van der Waals surface area contributed by atoms with Crippen LogP contribution in [0.4, 0.5) is 5.69 Å². The molecule has 2 aliphatic rings. The molecule has 0 atom stereocenters. The van der Waals surface area contributed by atoms with Crippen molar-refractivity contribution in [2.75, 3.05) is 18.0 Å². The van der Waals surface area contributed by atoms with Gasteiger partial charge in [0.1, 0.15) is 5.70 Å². The standard InChI is InChI=1S/C27H32N2O2/c1-17(2)21-7-9-22(10-8-21)29-26(30)24(23-11-6-19(4)16-20(23)5)25(27(29)31)28-14-12-18(3)13-15-28/h6-11,16-18H,12-15H2,1-5H3. The number of imide groups is 1. The van der Waals surface area contributed by atoms with Gasteiger partial charge in [0, 0.05) is 13.1 Å². The zero-order chi connectivity index (χ0) is 22.3. The van der Waals surface area contributed by atoms with Crippen molar-refractivity contribution in [1.29, 1.82) is 0 Å². The summed E-state index contributed by atoms with van der Waals surface area (Å²) < 4.78 is 0. The molecule has 0 N–H and O–H groups in total. The largest absolute Gasteiger partial charge is 0.366 e. The molecule has 31 heavy (non-hydrogen) atoms. The minimum Gasteiger partial charge on any atom is -0.366 e. The van der Waals surface area contributed by atoms with Crippen LogP contribution in [0, 0.1) is 19.8 Å². The van der Waals surface area contributed by atoms with Crippen LogP contribution in [0.25, 0.3) is 5.57 Å². The highest BCUT2D eigenvalue weighted by molar-refractivity contribution is 6.45. The van der Waals surface area contributed by atoms with Crippen molar-refractivity contribution in [3.8, 4) is 0 Å². The monoisotopic (exact) mass is 416 g/mol. The molecule has 0 bridgehead atoms. The number of anilines is 1. The summed E-state index contributed by atoms with van der Waals surface area (Å²) in [7, 11) is 0. The first-order chi connectivity index (χ1) is 14.8. The van der Waals surface area contributed by atoms with Gasteiger partial charge in [0.2, 0.25) is 0 Å². The molecule has 2 aromatic rings. The van der Waals surface area contributed by atoms with Crippen LogP contribution >= 0.6 is 0 Å². The van der Waals surface area contributed by atoms with Crippen LogP contribution in [0.2, 0.25) is 0 Å². The van der Waals surface area contributed by atoms with E-state index in [1.807, 2.05) is 50.2 Å². The summed E-state index contributed by atoms with van der Waals surface area (Å²) in [6, 6.07) is 13.9. The average Bonchev–Trinajstić information content (AvgIpc) is 2.99. The van der Waals surface area contributed by atoms with E-state index in [9.17, 15) is 9.59 Å². The normalized spacial score (nSPS) is 18.0. The van der Waals surface area contributed by atoms with Crippen molar-refractivity contribution in [3.63, 3.8) is 0 Å². The fourth-order valence-corrected chi connectivity index (χ4v) is 4.62. The molecular weight excluding hydrogens is 384 g/mol. The van der Waals surface area contributed by atoms with Crippen LogP contribution in [0.5, 0.6) is 0 Å². The number of hydrogen-bond acceptors (Lipinski definition) is 3. The predicted molar refractivity (Wildman–Crippen MR) is 126 cm³/mol. The van der Waals surface area contributed by atoms with Crippen molar-refractivity contribution in [2.24, 2.45) is 5.92 Å². The Morgan fingerprint density at radius 2 is 1.55 bits per heavy atom. The molecule has 0 saturated carbocycles. The van der Waals surface area contributed by atoms with E-state index < -0.39 is 0 Å². The molecule has 0 spiro atoms. The number of aryl methyl sites for hydroxylation is 2. The van der Waals surface area contributed by atoms with Gasteiger partial charge in [-0.25, -0.2) is 4.90 Å². The zero-order valence-electron chi connectivity index (χ0n) is 19.2. The number of carbonyl (C=O) groups is 2. The summed E-state index contributed by atoms with van der Waals surface area (Å²) in [4.78, 5) is 30.9. The van der Waals surface area contributed by atoms with Gasteiger partial charge in [-0.2, -0.15) is 0 Å². The van der Waals surface area contributed by atoms with Crippen molar-refractivity contribution in [3.05, 3.63) is 70.4 Å². The molecule has 2 aromatic carbocycles. The maximum absolute atomic E-state index is 13.7. The lowest BCUT2D eigenvalue weighted by molar-refractivity contribution is -0.120. The highest BCUT2D eigenvalue weighted by Gasteiger charge is 2.43. The summed E-state index contributed by atoms with van der Waals surface area (Å²) in [5, 5.41) is 0. The van der Waals surface area contributed by atoms with E-state index in [1.165, 1.54) is 10.5 Å². The second-order valence-corrected chi connectivity index (χ2v) is 9.40. The lowest BCUT2D eigenvalue weighted by Gasteiger charge is -2.32. The van der Waals surface area contributed by atoms with Crippen LogP contribution < -0.4 is 4.90 Å². The lowest BCUT2D eigenvalue weighted by atomic mass is 9.95. The molecular formula is C27H32N2O2. The molecule has 0 radical (unpaired) electrons. The number of piperidine rings is 1. The molecule has 0 aliphatic carbocycles. The zero-order valence-corrected chi connectivity index (χ0v) is 19.2. The topological polar surface area (TPSA) is 40.6 Å². The van der Waals surface area contributed by atoms with Gasteiger partial charge in [-0.15, -0.1) is 0 Å². The van der Waals surface area contributed by atoms with Crippen LogP contribution in [-0.2, 0) is 9.59 Å². The van der Waals surface area contributed by atoms with Gasteiger partial charge in [-0.05, 0) is 67.3 Å². The van der Waals surface area contributed by atoms with Gasteiger partial charge in [0.05, 0.1) is 11.3 Å². The summed E-state index contributed by atoms with van der Waals surface area (Å²) in [6.45, 7) is 12.2. The van der Waals surface area contributed by atoms with Gasteiger partial charge in [-0.3, -0.25) is 9.59 Å². The highest BCUT2D eigenvalue weighted by Crippen LogP contribution is 2.37. The van der Waals surface area contributed by atoms with Gasteiger partial charge >= 0.3 is 0 Å². The van der Waals surface area contributed by atoms with Crippen LogP contribution in [0.1, 0.15) is 61.8 Å². The molecule has 2 aliphatic heterocycles. The first kappa shape index (κ1) is 21.4. The van der Waals surface area contributed by atoms with Crippen molar-refractivity contribution >= 4 is 23.1 Å². The molecule has 4 rings (SSSR count). The SMILES string of the molecule is Cc1ccc(C2=C(N3CCC(C)CC3)C(=O)N(c3ccc(C(C)C)cc3)C2=O)c(C)c1. The molecule has 162 valence electrons. The second kappa shape index (κ2) is 8.33. The molecule has 2 heterocycles. The quantitative estimate of drug-likeness (QED) is 0.623. The third kappa shape index (κ3) is 3.91. The second-order valence-electron chi connectivity index (χ2n) is 9.40. The number of benzene rings is 2. The summed E-state index contributed by atoms with van der Waals surface area (Å²) in [6.07, 6.45) is 2.07. The maximum Gasteiger partial charge on any atom is 0.282 e. The van der Waals surface area contributed by atoms with E-state index in [2.05, 4.69) is 31.7 Å². The molecule has 0 aromatic heterocycles. The Bertz CT molecular complexity index is 1040. The third-order valence-corrected chi connectivity index (χ3v) is 6.63. The highest BCUT2D eigenvalue weighted by atomic mass is 16.2. The van der Waals surface area contributed by atoms with E-state index in [0.29, 0.717) is 28.8 Å². The van der Waals surface area contributed by atoms with Gasteiger partial charge in [0.25, 0.3) is 11.8 Å². The number of nitrogens with zero attached hydrogens (tertiary/aromatic N) is 2. The minimum absolute atomic E-state index is 0.202. The van der Waals surface area contributed by atoms with E-state index in [4.69, 9.17) is 0 Å². The number of likely N-dealkylation sites (tertiary alicyclic amines) is 1. The van der Waals surface area contributed by atoms with E-state index in [-0.39, 0.29) is 11.8 Å². The van der Waals surface area contributed by atoms with Gasteiger partial charge in [0.15, 0.2) is 0 Å². The van der Waals surface area contributed by atoms with E-state index in [1.54, 1.807) is 0 Å². The van der Waals surface area contributed by atoms with Crippen molar-refractivity contribution < 1.29 is 9.59 Å². The van der Waals surface area contributed by atoms with Gasteiger partial charge < -0.3 is 4.90 Å². The molecule has 1 saturated heterocycles. The Morgan fingerprint density at radius 1 is 0.903 bits per heavy atom. The molecule has 4 nitrogen and oxygen atoms in total. The average molecular weight is 417 g/mol. The number of amides is 2. The fraction of sp³-hybridized carbons (Fsp3) is 0.407. The van der Waals surface area contributed by atoms with Gasteiger partial charge in [-0.1, -0.05) is 56.7 Å². The van der Waals surface area contributed by atoms with Crippen LogP contribution in [-0.4, -0.2) is 29.8 Å². The molecule has 1 fully saturated rings. The Hall–Kier alpha value is -2.88.